The zero-order valence-electron chi connectivity index (χ0n) is 22.9. The van der Waals surface area contributed by atoms with E-state index >= 15 is 0 Å². The Bertz CT molecular complexity index is 1420. The highest BCUT2D eigenvalue weighted by atomic mass is 19.4. The van der Waals surface area contributed by atoms with Gasteiger partial charge in [-0.05, 0) is 41.3 Å². The number of nitrogens with zero attached hydrogens (tertiary/aromatic N) is 2. The molecule has 11 heteroatoms. The molecule has 0 saturated carbocycles. The summed E-state index contributed by atoms with van der Waals surface area (Å²) in [5, 5.41) is 0. The number of aromatic amines is 1. The van der Waals surface area contributed by atoms with Gasteiger partial charge in [-0.3, -0.25) is 4.79 Å². The van der Waals surface area contributed by atoms with Crippen molar-refractivity contribution in [2.24, 2.45) is 5.92 Å². The van der Waals surface area contributed by atoms with Gasteiger partial charge in [0.2, 0.25) is 5.91 Å². The summed E-state index contributed by atoms with van der Waals surface area (Å²) in [5.41, 5.74) is -0.435. The summed E-state index contributed by atoms with van der Waals surface area (Å²) in [6.07, 6.45) is -6.94. The summed E-state index contributed by atoms with van der Waals surface area (Å²) < 4.78 is 87.0. The number of ether oxygens (including phenoxy) is 1. The van der Waals surface area contributed by atoms with E-state index in [-0.39, 0.29) is 42.3 Å². The van der Waals surface area contributed by atoms with Crippen LogP contribution in [0.2, 0.25) is 0 Å². The molecule has 1 N–H and O–H groups in total. The number of benzene rings is 3. The van der Waals surface area contributed by atoms with Gasteiger partial charge in [-0.2, -0.15) is 26.3 Å². The summed E-state index contributed by atoms with van der Waals surface area (Å²) in [6.45, 7) is 0.149. The molecule has 1 aliphatic rings. The molecule has 2 atom stereocenters. The average Bonchev–Trinajstić information content (AvgIpc) is 3.50. The van der Waals surface area contributed by atoms with Gasteiger partial charge in [0.1, 0.15) is 0 Å². The van der Waals surface area contributed by atoms with Gasteiger partial charge in [-0.25, -0.2) is 4.98 Å². The number of likely N-dealkylation sites (tertiary alicyclic amines) is 1. The Kier molecular flexibility index (Phi) is 8.91. The van der Waals surface area contributed by atoms with Crippen LogP contribution in [0.25, 0.3) is 0 Å². The van der Waals surface area contributed by atoms with Crippen molar-refractivity contribution >= 4 is 5.91 Å². The molecular formula is C32H29F6N3O2. The van der Waals surface area contributed by atoms with Crippen molar-refractivity contribution in [3.8, 4) is 0 Å². The summed E-state index contributed by atoms with van der Waals surface area (Å²) >= 11 is 0. The van der Waals surface area contributed by atoms with Crippen molar-refractivity contribution in [3.63, 3.8) is 0 Å². The van der Waals surface area contributed by atoms with E-state index in [4.69, 9.17) is 4.74 Å². The predicted octanol–water partition coefficient (Wildman–Crippen LogP) is 7.26. The largest absolute Gasteiger partial charge is 0.416 e. The molecule has 1 aromatic heterocycles. The monoisotopic (exact) mass is 601 g/mol. The van der Waals surface area contributed by atoms with Crippen LogP contribution in [0.15, 0.2) is 91.4 Å². The van der Waals surface area contributed by atoms with Crippen molar-refractivity contribution < 1.29 is 35.9 Å². The molecule has 2 heterocycles. The smallest absolute Gasteiger partial charge is 0.373 e. The maximum Gasteiger partial charge on any atom is 0.416 e. The Labute approximate surface area is 244 Å². The van der Waals surface area contributed by atoms with Gasteiger partial charge < -0.3 is 14.6 Å². The molecule has 0 bridgehead atoms. The quantitative estimate of drug-likeness (QED) is 0.217. The Morgan fingerprint density at radius 1 is 0.907 bits per heavy atom. The molecule has 0 unspecified atom stereocenters. The van der Waals surface area contributed by atoms with Crippen molar-refractivity contribution in [3.05, 3.63) is 125 Å². The van der Waals surface area contributed by atoms with E-state index < -0.39 is 36.2 Å². The van der Waals surface area contributed by atoms with Crippen LogP contribution in [0.5, 0.6) is 0 Å². The fraction of sp³-hybridized carbons (Fsp3) is 0.312. The Morgan fingerprint density at radius 2 is 1.49 bits per heavy atom. The molecule has 0 spiro atoms. The van der Waals surface area contributed by atoms with E-state index in [0.717, 1.165) is 11.1 Å². The van der Waals surface area contributed by atoms with E-state index in [1.165, 1.54) is 6.33 Å². The van der Waals surface area contributed by atoms with Crippen LogP contribution in [-0.2, 0) is 34.9 Å². The maximum absolute atomic E-state index is 13.5. The molecule has 5 rings (SSSR count). The highest BCUT2D eigenvalue weighted by Crippen LogP contribution is 2.40. The molecule has 1 aliphatic heterocycles. The fourth-order valence-corrected chi connectivity index (χ4v) is 5.68. The number of H-pyrrole nitrogens is 1. The maximum atomic E-state index is 13.5. The molecule has 0 radical (unpaired) electrons. The first-order valence-corrected chi connectivity index (χ1v) is 13.7. The van der Waals surface area contributed by atoms with Gasteiger partial charge in [0, 0.05) is 36.8 Å². The van der Waals surface area contributed by atoms with Gasteiger partial charge in [0.15, 0.2) is 0 Å². The molecule has 1 amide bonds. The molecule has 43 heavy (non-hydrogen) atoms. The summed E-state index contributed by atoms with van der Waals surface area (Å²) in [7, 11) is 0. The molecule has 3 aromatic carbocycles. The van der Waals surface area contributed by atoms with Crippen LogP contribution >= 0.6 is 0 Å². The lowest BCUT2D eigenvalue weighted by Gasteiger charge is -2.42. The molecule has 5 nitrogen and oxygen atoms in total. The topological polar surface area (TPSA) is 58.2 Å². The normalized spacial score (nSPS) is 17.8. The van der Waals surface area contributed by atoms with Crippen LogP contribution in [0.1, 0.15) is 45.8 Å². The van der Waals surface area contributed by atoms with Crippen molar-refractivity contribution in [1.29, 1.82) is 0 Å². The lowest BCUT2D eigenvalue weighted by Crippen LogP contribution is -2.49. The van der Waals surface area contributed by atoms with Crippen LogP contribution < -0.4 is 0 Å². The number of alkyl halides is 6. The zero-order valence-corrected chi connectivity index (χ0v) is 22.9. The van der Waals surface area contributed by atoms with Crippen molar-refractivity contribution in [2.75, 3.05) is 13.1 Å². The predicted molar refractivity (Wildman–Crippen MR) is 147 cm³/mol. The molecule has 4 aromatic rings. The Hall–Kier alpha value is -4.12. The molecule has 1 saturated heterocycles. The van der Waals surface area contributed by atoms with E-state index in [9.17, 15) is 31.1 Å². The Balaban J connectivity index is 1.47. The van der Waals surface area contributed by atoms with Crippen LogP contribution in [0.3, 0.4) is 0 Å². The van der Waals surface area contributed by atoms with Crippen molar-refractivity contribution in [1.82, 2.24) is 14.9 Å². The number of imidazole rings is 1. The minimum Gasteiger partial charge on any atom is -0.373 e. The lowest BCUT2D eigenvalue weighted by atomic mass is 9.75. The number of hydrogen-bond donors (Lipinski definition) is 1. The second-order valence-corrected chi connectivity index (χ2v) is 10.6. The van der Waals surface area contributed by atoms with E-state index in [2.05, 4.69) is 9.97 Å². The van der Waals surface area contributed by atoms with E-state index in [0.29, 0.717) is 30.8 Å². The standard InChI is InChI=1S/C32H29F6N3O2/c33-31(34,35)24-13-21(14-25(15-24)32(36,37)38)19-43-28-11-12-41(29(42)16-26-17-39-20-40-26)18-27(28)30(22-7-3-1-4-8-22)23-9-5-2-6-10-23/h1-10,13-15,17,20,27-28,30H,11-12,16,18-19H2,(H,39,40)/t27-,28+/m0/s1. The first kappa shape index (κ1) is 30.3. The minimum atomic E-state index is -4.95. The zero-order chi connectivity index (χ0) is 30.6. The van der Waals surface area contributed by atoms with Gasteiger partial charge in [-0.15, -0.1) is 0 Å². The molecule has 0 aliphatic carbocycles. The van der Waals surface area contributed by atoms with Crippen LogP contribution in [0.4, 0.5) is 26.3 Å². The highest BCUT2D eigenvalue weighted by molar-refractivity contribution is 5.78. The second-order valence-electron chi connectivity index (χ2n) is 10.6. The fourth-order valence-electron chi connectivity index (χ4n) is 5.68. The molecule has 226 valence electrons. The van der Waals surface area contributed by atoms with E-state index in [1.807, 2.05) is 60.7 Å². The van der Waals surface area contributed by atoms with Crippen LogP contribution in [0, 0.1) is 5.92 Å². The van der Waals surface area contributed by atoms with Crippen molar-refractivity contribution in [2.45, 2.75) is 43.8 Å². The third-order valence-corrected chi connectivity index (χ3v) is 7.70. The van der Waals surface area contributed by atoms with Gasteiger partial charge in [0.05, 0.1) is 36.6 Å². The summed E-state index contributed by atoms with van der Waals surface area (Å²) in [5.74, 6) is -0.736. The summed E-state index contributed by atoms with van der Waals surface area (Å²) in [4.78, 5) is 21.9. The number of rotatable bonds is 8. The van der Waals surface area contributed by atoms with Crippen LogP contribution in [-0.4, -0.2) is 40.0 Å². The van der Waals surface area contributed by atoms with Gasteiger partial charge in [0.25, 0.3) is 0 Å². The first-order chi connectivity index (χ1) is 20.5. The number of amides is 1. The van der Waals surface area contributed by atoms with Gasteiger partial charge in [-0.1, -0.05) is 60.7 Å². The first-order valence-electron chi connectivity index (χ1n) is 13.7. The number of carbonyl (C=O) groups excluding carboxylic acids is 1. The third-order valence-electron chi connectivity index (χ3n) is 7.70. The number of carbonyl (C=O) groups is 1. The Morgan fingerprint density at radius 3 is 2.00 bits per heavy atom. The molecular weight excluding hydrogens is 572 g/mol. The third kappa shape index (κ3) is 7.45. The number of nitrogens with one attached hydrogen (secondary N) is 1. The minimum absolute atomic E-state index is 0.108. The van der Waals surface area contributed by atoms with Gasteiger partial charge >= 0.3 is 12.4 Å². The van der Waals surface area contributed by atoms with E-state index in [1.54, 1.807) is 11.1 Å². The number of halogens is 6. The second kappa shape index (κ2) is 12.6. The highest BCUT2D eigenvalue weighted by Gasteiger charge is 2.40. The number of piperidine rings is 1. The SMILES string of the molecule is O=C(Cc1cnc[nH]1)N1CC[C@@H](OCc2cc(C(F)(F)F)cc(C(F)(F)F)c2)[C@@H](C(c2ccccc2)c2ccccc2)C1. The summed E-state index contributed by atoms with van der Waals surface area (Å²) in [6, 6.07) is 20.7. The average molecular weight is 602 g/mol. The number of aromatic nitrogens is 2. The lowest BCUT2D eigenvalue weighted by molar-refractivity contribution is -0.143. The number of hydrogen-bond acceptors (Lipinski definition) is 3. The molecule has 1 fully saturated rings.